The molecule has 1 aliphatic heterocycles. The maximum absolute atomic E-state index is 12.4. The van der Waals surface area contributed by atoms with Gasteiger partial charge in [0.1, 0.15) is 13.1 Å². The van der Waals surface area contributed by atoms with Crippen LogP contribution in [0.3, 0.4) is 0 Å². The van der Waals surface area contributed by atoms with Crippen molar-refractivity contribution >= 4 is 27.6 Å². The number of sulfone groups is 1. The lowest BCUT2D eigenvalue weighted by Crippen LogP contribution is -2.53. The van der Waals surface area contributed by atoms with Gasteiger partial charge in [-0.1, -0.05) is 19.1 Å². The minimum absolute atomic E-state index is 0.0261. The maximum Gasteiger partial charge on any atom is 0.256 e. The molecular weight excluding hydrogens is 296 g/mol. The van der Waals surface area contributed by atoms with Gasteiger partial charge in [-0.05, 0) is 12.1 Å². The molecule has 0 saturated carbocycles. The fourth-order valence-electron chi connectivity index (χ4n) is 2.02. The minimum atomic E-state index is -3.57. The van der Waals surface area contributed by atoms with E-state index in [4.69, 9.17) is 0 Å². The number of amides is 3. The zero-order valence-corrected chi connectivity index (χ0v) is 12.1. The largest absolute Gasteiger partial charge is 0.320 e. The summed E-state index contributed by atoms with van der Waals surface area (Å²) in [7, 11) is -3.57. The number of carbonyl (C=O) groups excluding carboxylic acids is 3. The van der Waals surface area contributed by atoms with Gasteiger partial charge in [-0.25, -0.2) is 8.42 Å². The van der Waals surface area contributed by atoms with Crippen molar-refractivity contribution < 1.29 is 22.8 Å². The Labute approximate surface area is 121 Å². The quantitative estimate of drug-likeness (QED) is 0.764. The van der Waals surface area contributed by atoms with E-state index in [-0.39, 0.29) is 29.3 Å². The highest BCUT2D eigenvalue weighted by atomic mass is 32.2. The molecule has 1 fully saturated rings. The van der Waals surface area contributed by atoms with E-state index in [9.17, 15) is 22.8 Å². The van der Waals surface area contributed by atoms with Gasteiger partial charge in [-0.15, -0.1) is 0 Å². The molecule has 0 bridgehead atoms. The van der Waals surface area contributed by atoms with Crippen molar-refractivity contribution in [2.75, 3.05) is 18.8 Å². The Morgan fingerprint density at radius 1 is 1.19 bits per heavy atom. The number of rotatable bonds is 3. The molecule has 0 aromatic heterocycles. The van der Waals surface area contributed by atoms with Gasteiger partial charge >= 0.3 is 0 Å². The third-order valence-electron chi connectivity index (χ3n) is 3.07. The van der Waals surface area contributed by atoms with Crippen LogP contribution < -0.4 is 5.32 Å². The molecule has 1 heterocycles. The molecule has 0 aliphatic carbocycles. The summed E-state index contributed by atoms with van der Waals surface area (Å²) in [4.78, 5) is 36.0. The summed E-state index contributed by atoms with van der Waals surface area (Å²) in [5.41, 5.74) is -0.0261. The first kappa shape index (κ1) is 15.2. The Kier molecular flexibility index (Phi) is 4.08. The smallest absolute Gasteiger partial charge is 0.256 e. The van der Waals surface area contributed by atoms with Crippen LogP contribution in [0.15, 0.2) is 29.2 Å². The summed E-state index contributed by atoms with van der Waals surface area (Å²) in [5, 5.41) is 2.08. The minimum Gasteiger partial charge on any atom is -0.320 e. The molecule has 7 nitrogen and oxygen atoms in total. The van der Waals surface area contributed by atoms with Crippen LogP contribution >= 0.6 is 0 Å². The molecular formula is C13H14N2O5S. The molecule has 0 spiro atoms. The summed E-state index contributed by atoms with van der Waals surface area (Å²) in [5.74, 6) is -1.96. The topological polar surface area (TPSA) is 101 Å². The van der Waals surface area contributed by atoms with Crippen molar-refractivity contribution in [3.8, 4) is 0 Å². The van der Waals surface area contributed by atoms with Crippen molar-refractivity contribution in [3.63, 3.8) is 0 Å². The zero-order chi connectivity index (χ0) is 15.6. The van der Waals surface area contributed by atoms with Gasteiger partial charge in [0.15, 0.2) is 9.84 Å². The van der Waals surface area contributed by atoms with Gasteiger partial charge in [-0.3, -0.25) is 19.7 Å². The summed E-state index contributed by atoms with van der Waals surface area (Å²) in [6.07, 6.45) is 0. The SMILES string of the molecule is CCS(=O)(=O)c1ccccc1C(=O)N1CC(=O)NC(=O)C1. The standard InChI is InChI=1S/C13H14N2O5S/c1-2-21(19,20)10-6-4-3-5-9(10)13(18)15-7-11(16)14-12(17)8-15/h3-6H,2,7-8H2,1H3,(H,14,16,17). The molecule has 112 valence electrons. The van der Waals surface area contributed by atoms with E-state index >= 15 is 0 Å². The molecule has 0 unspecified atom stereocenters. The molecule has 1 aliphatic rings. The molecule has 21 heavy (non-hydrogen) atoms. The van der Waals surface area contributed by atoms with E-state index in [1.54, 1.807) is 0 Å². The number of hydrogen-bond acceptors (Lipinski definition) is 5. The second-order valence-corrected chi connectivity index (χ2v) is 6.78. The lowest BCUT2D eigenvalue weighted by molar-refractivity contribution is -0.135. The molecule has 2 rings (SSSR count). The van der Waals surface area contributed by atoms with Crippen molar-refractivity contribution in [1.82, 2.24) is 10.2 Å². The zero-order valence-electron chi connectivity index (χ0n) is 11.3. The van der Waals surface area contributed by atoms with E-state index in [2.05, 4.69) is 5.32 Å². The number of hydrogen-bond donors (Lipinski definition) is 1. The Hall–Kier alpha value is -2.22. The van der Waals surface area contributed by atoms with Gasteiger partial charge in [-0.2, -0.15) is 0 Å². The predicted octanol–water partition coefficient (Wildman–Crippen LogP) is -0.421. The van der Waals surface area contributed by atoms with E-state index in [0.717, 1.165) is 4.90 Å². The number of nitrogens with one attached hydrogen (secondary N) is 1. The maximum atomic E-state index is 12.4. The number of carbonyl (C=O) groups is 3. The highest BCUT2D eigenvalue weighted by Gasteiger charge is 2.30. The van der Waals surface area contributed by atoms with Gasteiger partial charge in [0.25, 0.3) is 5.91 Å². The average molecular weight is 310 g/mol. The van der Waals surface area contributed by atoms with Gasteiger partial charge in [0.2, 0.25) is 11.8 Å². The lowest BCUT2D eigenvalue weighted by atomic mass is 10.2. The van der Waals surface area contributed by atoms with Crippen molar-refractivity contribution in [2.45, 2.75) is 11.8 Å². The number of benzene rings is 1. The Morgan fingerprint density at radius 2 is 1.76 bits per heavy atom. The van der Waals surface area contributed by atoms with Crippen molar-refractivity contribution in [3.05, 3.63) is 29.8 Å². The average Bonchev–Trinajstić information content (AvgIpc) is 2.45. The van der Waals surface area contributed by atoms with E-state index < -0.39 is 27.6 Å². The number of nitrogens with zero attached hydrogens (tertiary/aromatic N) is 1. The molecule has 1 aromatic rings. The van der Waals surface area contributed by atoms with E-state index in [1.807, 2.05) is 0 Å². The summed E-state index contributed by atoms with van der Waals surface area (Å²) < 4.78 is 24.0. The second-order valence-electron chi connectivity index (χ2n) is 4.53. The van der Waals surface area contributed by atoms with Crippen LogP contribution in [-0.2, 0) is 19.4 Å². The highest BCUT2D eigenvalue weighted by Crippen LogP contribution is 2.19. The van der Waals surface area contributed by atoms with Gasteiger partial charge in [0.05, 0.1) is 16.2 Å². The van der Waals surface area contributed by atoms with Crippen LogP contribution in [0, 0.1) is 0 Å². The van der Waals surface area contributed by atoms with Crippen LogP contribution in [-0.4, -0.2) is 49.9 Å². The Balaban J connectivity index is 2.41. The first-order valence-electron chi connectivity index (χ1n) is 6.29. The predicted molar refractivity (Wildman–Crippen MR) is 73.2 cm³/mol. The Bertz CT molecular complexity index is 695. The molecule has 1 N–H and O–H groups in total. The molecule has 0 atom stereocenters. The van der Waals surface area contributed by atoms with Crippen LogP contribution in [0.5, 0.6) is 0 Å². The summed E-state index contributed by atoms with van der Waals surface area (Å²) in [6, 6.07) is 5.78. The van der Waals surface area contributed by atoms with Crippen LogP contribution in [0.2, 0.25) is 0 Å². The van der Waals surface area contributed by atoms with Crippen LogP contribution in [0.25, 0.3) is 0 Å². The first-order chi connectivity index (χ1) is 9.85. The van der Waals surface area contributed by atoms with E-state index in [1.165, 1.54) is 31.2 Å². The van der Waals surface area contributed by atoms with Gasteiger partial charge < -0.3 is 4.90 Å². The fourth-order valence-corrected chi connectivity index (χ4v) is 3.11. The molecule has 3 amide bonds. The molecule has 0 radical (unpaired) electrons. The molecule has 8 heteroatoms. The number of imide groups is 1. The molecule has 1 saturated heterocycles. The van der Waals surface area contributed by atoms with E-state index in [0.29, 0.717) is 0 Å². The number of piperazine rings is 1. The van der Waals surface area contributed by atoms with Gasteiger partial charge in [0, 0.05) is 0 Å². The third kappa shape index (κ3) is 3.10. The molecule has 1 aromatic carbocycles. The summed E-state index contributed by atoms with van der Waals surface area (Å²) >= 11 is 0. The fraction of sp³-hybridized carbons (Fsp3) is 0.308. The summed E-state index contributed by atoms with van der Waals surface area (Å²) in [6.45, 7) is 0.935. The lowest BCUT2D eigenvalue weighted by Gasteiger charge is -2.26. The monoisotopic (exact) mass is 310 g/mol. The second kappa shape index (κ2) is 5.65. The van der Waals surface area contributed by atoms with Crippen molar-refractivity contribution in [2.24, 2.45) is 0 Å². The Morgan fingerprint density at radius 3 is 2.33 bits per heavy atom. The van der Waals surface area contributed by atoms with Crippen LogP contribution in [0.1, 0.15) is 17.3 Å². The third-order valence-corrected chi connectivity index (χ3v) is 4.85. The van der Waals surface area contributed by atoms with Crippen molar-refractivity contribution in [1.29, 1.82) is 0 Å². The van der Waals surface area contributed by atoms with Crippen LogP contribution in [0.4, 0.5) is 0 Å². The normalized spacial score (nSPS) is 15.8. The first-order valence-corrected chi connectivity index (χ1v) is 7.94. The highest BCUT2D eigenvalue weighted by molar-refractivity contribution is 7.91.